The second-order valence-electron chi connectivity index (χ2n) is 4.94. The van der Waals surface area contributed by atoms with E-state index in [4.69, 9.17) is 5.73 Å². The van der Waals surface area contributed by atoms with Gasteiger partial charge in [-0.15, -0.1) is 0 Å². The SMILES string of the molecule is CCC(CSC)N(C)S(=O)(=O)c1cc(CN)cc(Br)c1C. The van der Waals surface area contributed by atoms with Crippen LogP contribution in [0.2, 0.25) is 0 Å². The Balaban J connectivity index is 3.33. The van der Waals surface area contributed by atoms with Crippen LogP contribution in [0.15, 0.2) is 21.5 Å². The van der Waals surface area contributed by atoms with Crippen LogP contribution >= 0.6 is 27.7 Å². The van der Waals surface area contributed by atoms with E-state index in [1.54, 1.807) is 31.8 Å². The summed E-state index contributed by atoms with van der Waals surface area (Å²) in [5, 5.41) is 0. The van der Waals surface area contributed by atoms with E-state index in [2.05, 4.69) is 15.9 Å². The third-order valence-corrected chi connectivity index (χ3v) is 7.17. The lowest BCUT2D eigenvalue weighted by Gasteiger charge is -2.27. The molecule has 0 aliphatic rings. The monoisotopic (exact) mass is 394 g/mol. The van der Waals surface area contributed by atoms with Crippen molar-refractivity contribution in [1.29, 1.82) is 0 Å². The predicted molar refractivity (Wildman–Crippen MR) is 94.2 cm³/mol. The summed E-state index contributed by atoms with van der Waals surface area (Å²) < 4.78 is 28.1. The summed E-state index contributed by atoms with van der Waals surface area (Å²) in [6.45, 7) is 4.12. The molecule has 120 valence electrons. The van der Waals surface area contributed by atoms with E-state index < -0.39 is 10.0 Å². The van der Waals surface area contributed by atoms with E-state index in [0.717, 1.165) is 27.8 Å². The highest BCUT2D eigenvalue weighted by atomic mass is 79.9. The number of halogens is 1. The standard InChI is InChI=1S/C14H23BrN2O2S2/c1-5-12(9-20-4)17(3)21(18,19)14-7-11(8-16)6-13(15)10(14)2/h6-7,12H,5,8-9,16H2,1-4H3. The molecule has 7 heteroatoms. The van der Waals surface area contributed by atoms with Crippen LogP contribution in [0.3, 0.4) is 0 Å². The molecule has 4 nitrogen and oxygen atoms in total. The topological polar surface area (TPSA) is 63.4 Å². The lowest BCUT2D eigenvalue weighted by molar-refractivity contribution is 0.385. The highest BCUT2D eigenvalue weighted by Crippen LogP contribution is 2.29. The summed E-state index contributed by atoms with van der Waals surface area (Å²) in [5.41, 5.74) is 7.18. The van der Waals surface area contributed by atoms with Crippen molar-refractivity contribution in [3.8, 4) is 0 Å². The maximum Gasteiger partial charge on any atom is 0.243 e. The predicted octanol–water partition coefficient (Wildman–Crippen LogP) is 2.98. The number of sulfonamides is 1. The molecular formula is C14H23BrN2O2S2. The van der Waals surface area contributed by atoms with Crippen LogP contribution in [0.4, 0.5) is 0 Å². The molecule has 1 atom stereocenters. The normalized spacial score (nSPS) is 13.7. The highest BCUT2D eigenvalue weighted by molar-refractivity contribution is 9.10. The van der Waals surface area contributed by atoms with E-state index >= 15 is 0 Å². The summed E-state index contributed by atoms with van der Waals surface area (Å²) in [7, 11) is -1.87. The molecule has 1 aromatic rings. The van der Waals surface area contributed by atoms with E-state index in [-0.39, 0.29) is 6.04 Å². The minimum Gasteiger partial charge on any atom is -0.326 e. The zero-order valence-corrected chi connectivity index (χ0v) is 16.1. The second kappa shape index (κ2) is 7.97. The van der Waals surface area contributed by atoms with Gasteiger partial charge in [-0.25, -0.2) is 8.42 Å². The average Bonchev–Trinajstić information content (AvgIpc) is 2.46. The van der Waals surface area contributed by atoms with Gasteiger partial charge in [-0.2, -0.15) is 16.1 Å². The van der Waals surface area contributed by atoms with Gasteiger partial charge in [0.05, 0.1) is 4.90 Å². The molecule has 0 fully saturated rings. The summed E-state index contributed by atoms with van der Waals surface area (Å²) in [6.07, 6.45) is 2.77. The minimum absolute atomic E-state index is 0.00953. The number of nitrogens with zero attached hydrogens (tertiary/aromatic N) is 1. The molecule has 2 N–H and O–H groups in total. The Hall–Kier alpha value is -0.0800. The smallest absolute Gasteiger partial charge is 0.243 e. The quantitative estimate of drug-likeness (QED) is 0.771. The number of rotatable bonds is 7. The molecule has 0 aromatic heterocycles. The van der Waals surface area contributed by atoms with Gasteiger partial charge in [0, 0.05) is 29.9 Å². The van der Waals surface area contributed by atoms with Crippen LogP contribution in [0.5, 0.6) is 0 Å². The molecule has 0 saturated heterocycles. The fourth-order valence-corrected chi connectivity index (χ4v) is 5.42. The number of hydrogen-bond acceptors (Lipinski definition) is 4. The van der Waals surface area contributed by atoms with Crippen LogP contribution in [-0.4, -0.2) is 37.8 Å². The van der Waals surface area contributed by atoms with Crippen molar-refractivity contribution in [3.63, 3.8) is 0 Å². The first-order chi connectivity index (χ1) is 9.79. The Morgan fingerprint density at radius 1 is 1.43 bits per heavy atom. The van der Waals surface area contributed by atoms with Crippen LogP contribution in [0.1, 0.15) is 24.5 Å². The number of nitrogens with two attached hydrogens (primary N) is 1. The highest BCUT2D eigenvalue weighted by Gasteiger charge is 2.29. The minimum atomic E-state index is -3.52. The third-order valence-electron chi connectivity index (χ3n) is 3.59. The van der Waals surface area contributed by atoms with Gasteiger partial charge in [-0.1, -0.05) is 22.9 Å². The molecule has 0 aliphatic carbocycles. The first-order valence-electron chi connectivity index (χ1n) is 6.75. The summed E-state index contributed by atoms with van der Waals surface area (Å²) in [6, 6.07) is 3.54. The summed E-state index contributed by atoms with van der Waals surface area (Å²) >= 11 is 5.08. The Labute approximate surface area is 140 Å². The van der Waals surface area contributed by atoms with Crippen molar-refractivity contribution in [2.75, 3.05) is 19.1 Å². The molecule has 0 spiro atoms. The molecule has 1 unspecified atom stereocenters. The van der Waals surface area contributed by atoms with Gasteiger partial charge in [0.15, 0.2) is 0 Å². The number of hydrogen-bond donors (Lipinski definition) is 1. The fourth-order valence-electron chi connectivity index (χ4n) is 2.12. The first kappa shape index (κ1) is 19.0. The molecule has 0 amide bonds. The first-order valence-corrected chi connectivity index (χ1v) is 10.4. The number of thioether (sulfide) groups is 1. The van der Waals surface area contributed by atoms with Crippen molar-refractivity contribution in [2.24, 2.45) is 5.73 Å². The van der Waals surface area contributed by atoms with E-state index in [9.17, 15) is 8.42 Å². The van der Waals surface area contributed by atoms with Gasteiger partial charge in [0.2, 0.25) is 10.0 Å². The average molecular weight is 395 g/mol. The molecule has 1 aromatic carbocycles. The largest absolute Gasteiger partial charge is 0.326 e. The van der Waals surface area contributed by atoms with Crippen molar-refractivity contribution in [3.05, 3.63) is 27.7 Å². The molecule has 0 aliphatic heterocycles. The van der Waals surface area contributed by atoms with E-state index in [1.807, 2.05) is 19.2 Å². The Morgan fingerprint density at radius 3 is 2.52 bits per heavy atom. The summed E-state index contributed by atoms with van der Waals surface area (Å²) in [4.78, 5) is 0.333. The lowest BCUT2D eigenvalue weighted by Crippen LogP contribution is -2.38. The third kappa shape index (κ3) is 4.22. The zero-order valence-electron chi connectivity index (χ0n) is 12.9. The Morgan fingerprint density at radius 2 is 2.05 bits per heavy atom. The van der Waals surface area contributed by atoms with E-state index in [1.165, 1.54) is 4.31 Å². The molecule has 0 saturated carbocycles. The molecular weight excluding hydrogens is 372 g/mol. The van der Waals surface area contributed by atoms with E-state index in [0.29, 0.717) is 11.4 Å². The van der Waals surface area contributed by atoms with Crippen molar-refractivity contribution >= 4 is 37.7 Å². The van der Waals surface area contributed by atoms with Gasteiger partial charge >= 0.3 is 0 Å². The van der Waals surface area contributed by atoms with Crippen molar-refractivity contribution in [2.45, 2.75) is 37.8 Å². The van der Waals surface area contributed by atoms with Gasteiger partial charge in [0.25, 0.3) is 0 Å². The van der Waals surface area contributed by atoms with Crippen LogP contribution in [0, 0.1) is 6.92 Å². The maximum atomic E-state index is 12.9. The zero-order chi connectivity index (χ0) is 16.2. The van der Waals surface area contributed by atoms with Gasteiger partial charge in [-0.3, -0.25) is 0 Å². The van der Waals surface area contributed by atoms with Gasteiger partial charge in [-0.05, 0) is 42.9 Å². The van der Waals surface area contributed by atoms with Gasteiger partial charge < -0.3 is 5.73 Å². The lowest BCUT2D eigenvalue weighted by atomic mass is 10.1. The Bertz CT molecular complexity index is 591. The molecule has 1 rings (SSSR count). The molecule has 0 radical (unpaired) electrons. The summed E-state index contributed by atoms with van der Waals surface area (Å²) in [5.74, 6) is 0.781. The van der Waals surface area contributed by atoms with Crippen molar-refractivity contribution < 1.29 is 8.42 Å². The second-order valence-corrected chi connectivity index (χ2v) is 8.67. The Kier molecular flexibility index (Phi) is 7.19. The van der Waals surface area contributed by atoms with Gasteiger partial charge in [0.1, 0.15) is 0 Å². The molecule has 0 bridgehead atoms. The number of benzene rings is 1. The fraction of sp³-hybridized carbons (Fsp3) is 0.571. The maximum absolute atomic E-state index is 12.9. The van der Waals surface area contributed by atoms with Crippen LogP contribution in [0.25, 0.3) is 0 Å². The van der Waals surface area contributed by atoms with Crippen LogP contribution in [-0.2, 0) is 16.6 Å². The molecule has 21 heavy (non-hydrogen) atoms. The van der Waals surface area contributed by atoms with Crippen LogP contribution < -0.4 is 5.73 Å². The van der Waals surface area contributed by atoms with Crippen molar-refractivity contribution in [1.82, 2.24) is 4.31 Å². The molecule has 0 heterocycles.